The van der Waals surface area contributed by atoms with Gasteiger partial charge in [0.25, 0.3) is 0 Å². The molecule has 0 aliphatic rings. The molecule has 0 fully saturated rings. The molecule has 5 heteroatoms. The number of pyridine rings is 1. The molecule has 1 amide bonds. The molecule has 1 aromatic carbocycles. The van der Waals surface area contributed by atoms with Gasteiger partial charge in [0.1, 0.15) is 0 Å². The molecule has 2 aromatic heterocycles. The van der Waals surface area contributed by atoms with Crippen molar-refractivity contribution in [2.45, 2.75) is 26.2 Å². The number of hydrogen-bond donors (Lipinski definition) is 2. The van der Waals surface area contributed by atoms with Crippen LogP contribution < -0.4 is 5.32 Å². The van der Waals surface area contributed by atoms with Gasteiger partial charge in [-0.2, -0.15) is 0 Å². The quantitative estimate of drug-likeness (QED) is 0.625. The summed E-state index contributed by atoms with van der Waals surface area (Å²) in [5, 5.41) is 5.27. The summed E-state index contributed by atoms with van der Waals surface area (Å²) in [6.07, 6.45) is 3.80. The Bertz CT molecular complexity index is 826. The van der Waals surface area contributed by atoms with E-state index in [1.54, 1.807) is 0 Å². The first kappa shape index (κ1) is 16.5. The molecule has 0 aliphatic carbocycles. The van der Waals surface area contributed by atoms with Crippen molar-refractivity contribution < 1.29 is 9.53 Å². The van der Waals surface area contributed by atoms with Gasteiger partial charge in [-0.05, 0) is 31.9 Å². The third-order valence-corrected chi connectivity index (χ3v) is 4.05. The van der Waals surface area contributed by atoms with Gasteiger partial charge in [-0.1, -0.05) is 18.2 Å². The van der Waals surface area contributed by atoms with Crippen molar-refractivity contribution in [1.29, 1.82) is 0 Å². The van der Waals surface area contributed by atoms with Gasteiger partial charge in [0.2, 0.25) is 5.91 Å². The fourth-order valence-electron chi connectivity index (χ4n) is 2.81. The van der Waals surface area contributed by atoms with Crippen LogP contribution in [0.15, 0.2) is 36.5 Å². The maximum absolute atomic E-state index is 11.9. The van der Waals surface area contributed by atoms with Crippen molar-refractivity contribution >= 4 is 27.7 Å². The fraction of sp³-hybridized carbons (Fsp3) is 0.368. The van der Waals surface area contributed by atoms with Crippen LogP contribution in [0.2, 0.25) is 0 Å². The molecule has 0 unspecified atom stereocenters. The number of rotatable bonds is 8. The molecule has 5 nitrogen and oxygen atoms in total. The maximum Gasteiger partial charge on any atom is 0.220 e. The van der Waals surface area contributed by atoms with Crippen molar-refractivity contribution in [1.82, 2.24) is 15.3 Å². The molecule has 24 heavy (non-hydrogen) atoms. The second-order valence-corrected chi connectivity index (χ2v) is 5.79. The number of ether oxygens (including phenoxy) is 1. The van der Waals surface area contributed by atoms with Crippen LogP contribution >= 0.6 is 0 Å². The van der Waals surface area contributed by atoms with E-state index in [1.807, 2.05) is 25.3 Å². The van der Waals surface area contributed by atoms with Crippen LogP contribution in [0.4, 0.5) is 0 Å². The Labute approximate surface area is 141 Å². The highest BCUT2D eigenvalue weighted by Gasteiger charge is 2.07. The van der Waals surface area contributed by atoms with Gasteiger partial charge in [-0.3, -0.25) is 9.78 Å². The summed E-state index contributed by atoms with van der Waals surface area (Å²) in [6.45, 7) is 4.04. The van der Waals surface area contributed by atoms with Gasteiger partial charge >= 0.3 is 0 Å². The number of H-pyrrole nitrogens is 1. The number of carbonyl (C=O) groups is 1. The van der Waals surface area contributed by atoms with Crippen LogP contribution in [0.5, 0.6) is 0 Å². The average molecular weight is 325 g/mol. The highest BCUT2D eigenvalue weighted by atomic mass is 16.5. The third kappa shape index (κ3) is 3.92. The van der Waals surface area contributed by atoms with Crippen molar-refractivity contribution in [2.24, 2.45) is 0 Å². The lowest BCUT2D eigenvalue weighted by Crippen LogP contribution is -2.25. The fourth-order valence-corrected chi connectivity index (χ4v) is 2.81. The minimum atomic E-state index is 0.0623. The van der Waals surface area contributed by atoms with E-state index in [0.717, 1.165) is 35.1 Å². The summed E-state index contributed by atoms with van der Waals surface area (Å²) < 4.78 is 5.25. The molecule has 126 valence electrons. The number of hydrogen-bond acceptors (Lipinski definition) is 3. The first-order valence-electron chi connectivity index (χ1n) is 8.47. The Morgan fingerprint density at radius 2 is 2.12 bits per heavy atom. The summed E-state index contributed by atoms with van der Waals surface area (Å²) in [5.41, 5.74) is 3.08. The van der Waals surface area contributed by atoms with Gasteiger partial charge < -0.3 is 15.0 Å². The predicted octanol–water partition coefficient (Wildman–Crippen LogP) is 3.19. The van der Waals surface area contributed by atoms with E-state index in [-0.39, 0.29) is 5.91 Å². The molecule has 0 aliphatic heterocycles. The SMILES string of the molecule is CCOCCCNC(=O)CCc1cc2c(cn1)[nH]c1ccccc12. The van der Waals surface area contributed by atoms with E-state index >= 15 is 0 Å². The topological polar surface area (TPSA) is 67.0 Å². The highest BCUT2D eigenvalue weighted by molar-refractivity contribution is 6.06. The van der Waals surface area contributed by atoms with E-state index in [1.165, 1.54) is 5.39 Å². The van der Waals surface area contributed by atoms with E-state index < -0.39 is 0 Å². The van der Waals surface area contributed by atoms with Crippen LogP contribution in [0.25, 0.3) is 21.8 Å². The Balaban J connectivity index is 1.57. The smallest absolute Gasteiger partial charge is 0.220 e. The first-order chi connectivity index (χ1) is 11.8. The van der Waals surface area contributed by atoms with Gasteiger partial charge in [0, 0.05) is 48.2 Å². The minimum absolute atomic E-state index is 0.0623. The van der Waals surface area contributed by atoms with Crippen LogP contribution in [0.1, 0.15) is 25.5 Å². The summed E-state index contributed by atoms with van der Waals surface area (Å²) in [7, 11) is 0. The molecule has 0 saturated carbocycles. The number of benzene rings is 1. The Hall–Kier alpha value is -2.40. The van der Waals surface area contributed by atoms with Gasteiger partial charge in [-0.25, -0.2) is 0 Å². The molecule has 3 aromatic rings. The van der Waals surface area contributed by atoms with Crippen LogP contribution in [-0.2, 0) is 16.0 Å². The molecule has 0 bridgehead atoms. The first-order valence-corrected chi connectivity index (χ1v) is 8.47. The van der Waals surface area contributed by atoms with Gasteiger partial charge in [0.05, 0.1) is 11.7 Å². The second kappa shape index (κ2) is 7.93. The molecule has 2 heterocycles. The largest absolute Gasteiger partial charge is 0.382 e. The van der Waals surface area contributed by atoms with Gasteiger partial charge in [-0.15, -0.1) is 0 Å². The van der Waals surface area contributed by atoms with E-state index in [0.29, 0.717) is 26.0 Å². The Morgan fingerprint density at radius 1 is 1.25 bits per heavy atom. The molecular weight excluding hydrogens is 302 g/mol. The van der Waals surface area contributed by atoms with Crippen LogP contribution in [0.3, 0.4) is 0 Å². The monoisotopic (exact) mass is 325 g/mol. The van der Waals surface area contributed by atoms with Crippen molar-refractivity contribution in [3.8, 4) is 0 Å². The van der Waals surface area contributed by atoms with Crippen LogP contribution in [-0.4, -0.2) is 35.6 Å². The Kier molecular flexibility index (Phi) is 5.43. The Morgan fingerprint density at radius 3 is 3.00 bits per heavy atom. The molecule has 3 rings (SSSR count). The standard InChI is InChI=1S/C19H23N3O2/c1-2-24-11-5-10-20-19(23)9-8-14-12-16-15-6-3-4-7-17(15)22-18(16)13-21-14/h3-4,6-7,12-13,22H,2,5,8-11H2,1H3,(H,20,23). The van der Waals surface area contributed by atoms with Crippen molar-refractivity contribution in [3.63, 3.8) is 0 Å². The van der Waals surface area contributed by atoms with Crippen molar-refractivity contribution in [2.75, 3.05) is 19.8 Å². The summed E-state index contributed by atoms with van der Waals surface area (Å²) in [4.78, 5) is 19.7. The number of aryl methyl sites for hydroxylation is 1. The number of nitrogens with zero attached hydrogens (tertiary/aromatic N) is 1. The number of carbonyl (C=O) groups excluding carboxylic acids is 1. The molecule has 0 spiro atoms. The molecule has 0 radical (unpaired) electrons. The van der Waals surface area contributed by atoms with E-state index in [2.05, 4.69) is 33.5 Å². The van der Waals surface area contributed by atoms with Gasteiger partial charge in [0.15, 0.2) is 0 Å². The summed E-state index contributed by atoms with van der Waals surface area (Å²) >= 11 is 0. The lowest BCUT2D eigenvalue weighted by molar-refractivity contribution is -0.121. The second-order valence-electron chi connectivity index (χ2n) is 5.79. The normalized spacial score (nSPS) is 11.2. The third-order valence-electron chi connectivity index (χ3n) is 4.05. The number of fused-ring (bicyclic) bond motifs is 3. The zero-order chi connectivity index (χ0) is 16.8. The lowest BCUT2D eigenvalue weighted by atomic mass is 10.1. The minimum Gasteiger partial charge on any atom is -0.382 e. The predicted molar refractivity (Wildman–Crippen MR) is 96.0 cm³/mol. The van der Waals surface area contributed by atoms with E-state index in [9.17, 15) is 4.79 Å². The average Bonchev–Trinajstić information content (AvgIpc) is 2.98. The molecule has 2 N–H and O–H groups in total. The zero-order valence-electron chi connectivity index (χ0n) is 14.0. The molecular formula is C19H23N3O2. The summed E-state index contributed by atoms with van der Waals surface area (Å²) in [6, 6.07) is 10.3. The number of aromatic nitrogens is 2. The number of aromatic amines is 1. The van der Waals surface area contributed by atoms with Crippen molar-refractivity contribution in [3.05, 3.63) is 42.2 Å². The number of nitrogens with one attached hydrogen (secondary N) is 2. The van der Waals surface area contributed by atoms with E-state index in [4.69, 9.17) is 4.74 Å². The lowest BCUT2D eigenvalue weighted by Gasteiger charge is -2.05. The van der Waals surface area contributed by atoms with Crippen LogP contribution in [0, 0.1) is 0 Å². The highest BCUT2D eigenvalue weighted by Crippen LogP contribution is 2.25. The molecule has 0 atom stereocenters. The molecule has 0 saturated heterocycles. The number of amides is 1. The number of para-hydroxylation sites is 1. The maximum atomic E-state index is 11.9. The summed E-state index contributed by atoms with van der Waals surface area (Å²) in [5.74, 6) is 0.0623. The zero-order valence-corrected chi connectivity index (χ0v) is 14.0.